The first-order valence-electron chi connectivity index (χ1n) is 8.99. The molecule has 1 saturated heterocycles. The van der Waals surface area contributed by atoms with Gasteiger partial charge in [0.25, 0.3) is 0 Å². The minimum Gasteiger partial charge on any atom is -0.492 e. The number of halogens is 1. The summed E-state index contributed by atoms with van der Waals surface area (Å²) in [6, 6.07) is 6.56. The van der Waals surface area contributed by atoms with E-state index in [4.69, 9.17) is 4.74 Å². The van der Waals surface area contributed by atoms with E-state index in [1.165, 1.54) is 12.1 Å². The van der Waals surface area contributed by atoms with Crippen molar-refractivity contribution in [3.05, 3.63) is 48.8 Å². The monoisotopic (exact) mass is 359 g/mol. The molecule has 7 heteroatoms. The molecule has 140 valence electrons. The highest BCUT2D eigenvalue weighted by atomic mass is 19.1. The van der Waals surface area contributed by atoms with Gasteiger partial charge in [0.1, 0.15) is 18.2 Å². The Kier molecular flexibility index (Phi) is 6.09. The Morgan fingerprint density at radius 1 is 1.46 bits per heavy atom. The smallest absolute Gasteiger partial charge is 0.193 e. The highest BCUT2D eigenvalue weighted by Crippen LogP contribution is 2.27. The maximum absolute atomic E-state index is 13.2. The van der Waals surface area contributed by atoms with Crippen molar-refractivity contribution in [1.29, 1.82) is 0 Å². The predicted molar refractivity (Wildman–Crippen MR) is 99.9 cm³/mol. The molecule has 2 atom stereocenters. The molecule has 2 unspecified atom stereocenters. The Bertz CT molecular complexity index is 718. The lowest BCUT2D eigenvalue weighted by molar-refractivity contribution is 0.188. The molecular formula is C19H26FN5O. The van der Waals surface area contributed by atoms with E-state index in [9.17, 15) is 4.39 Å². The lowest BCUT2D eigenvalue weighted by Crippen LogP contribution is -2.49. The molecule has 0 saturated carbocycles. The molecule has 0 radical (unpaired) electrons. The van der Waals surface area contributed by atoms with Gasteiger partial charge in [0.05, 0.1) is 18.9 Å². The maximum Gasteiger partial charge on any atom is 0.193 e. The average molecular weight is 359 g/mol. The molecule has 26 heavy (non-hydrogen) atoms. The Morgan fingerprint density at radius 2 is 2.35 bits per heavy atom. The van der Waals surface area contributed by atoms with Crippen LogP contribution in [0.1, 0.15) is 19.4 Å². The Morgan fingerprint density at radius 3 is 3.08 bits per heavy atom. The fourth-order valence-corrected chi connectivity index (χ4v) is 3.32. The van der Waals surface area contributed by atoms with Gasteiger partial charge in [0.2, 0.25) is 0 Å². The first-order valence-corrected chi connectivity index (χ1v) is 8.99. The molecule has 1 aliphatic rings. The highest BCUT2D eigenvalue weighted by molar-refractivity contribution is 5.80. The fraction of sp³-hybridized carbons (Fsp3) is 0.474. The Hall–Kier alpha value is -2.57. The van der Waals surface area contributed by atoms with Crippen molar-refractivity contribution in [2.75, 3.05) is 33.3 Å². The van der Waals surface area contributed by atoms with Crippen LogP contribution in [0.15, 0.2) is 48.0 Å². The maximum atomic E-state index is 13.2. The van der Waals surface area contributed by atoms with Crippen molar-refractivity contribution in [3.8, 4) is 5.75 Å². The van der Waals surface area contributed by atoms with Crippen molar-refractivity contribution >= 4 is 5.96 Å². The SMILES string of the molecule is CN=C(NCCOc1cccc(F)c1)N1CCC(C)C(n2ccnc2)C1. The zero-order valence-electron chi connectivity index (χ0n) is 15.3. The third-order valence-corrected chi connectivity index (χ3v) is 4.79. The van der Waals surface area contributed by atoms with E-state index >= 15 is 0 Å². The van der Waals surface area contributed by atoms with Gasteiger partial charge in [-0.1, -0.05) is 13.0 Å². The third kappa shape index (κ3) is 4.53. The number of aliphatic imine (C=N–C) groups is 1. The molecule has 0 aliphatic carbocycles. The zero-order valence-corrected chi connectivity index (χ0v) is 15.3. The number of likely N-dealkylation sites (tertiary alicyclic amines) is 1. The number of aromatic nitrogens is 2. The molecule has 2 aromatic rings. The summed E-state index contributed by atoms with van der Waals surface area (Å²) in [5.74, 6) is 1.70. The van der Waals surface area contributed by atoms with Crippen LogP contribution in [0.2, 0.25) is 0 Å². The second-order valence-electron chi connectivity index (χ2n) is 6.57. The van der Waals surface area contributed by atoms with Crippen LogP contribution in [0, 0.1) is 11.7 Å². The third-order valence-electron chi connectivity index (χ3n) is 4.79. The van der Waals surface area contributed by atoms with Crippen molar-refractivity contribution in [1.82, 2.24) is 19.8 Å². The highest BCUT2D eigenvalue weighted by Gasteiger charge is 2.28. The van der Waals surface area contributed by atoms with E-state index in [1.54, 1.807) is 19.2 Å². The molecule has 0 amide bonds. The van der Waals surface area contributed by atoms with E-state index in [1.807, 2.05) is 18.7 Å². The summed E-state index contributed by atoms with van der Waals surface area (Å²) in [7, 11) is 1.79. The van der Waals surface area contributed by atoms with E-state index in [0.29, 0.717) is 30.9 Å². The molecule has 3 rings (SSSR count). The first-order chi connectivity index (χ1) is 12.7. The van der Waals surface area contributed by atoms with Crippen molar-refractivity contribution < 1.29 is 9.13 Å². The summed E-state index contributed by atoms with van der Waals surface area (Å²) < 4.78 is 20.9. The summed E-state index contributed by atoms with van der Waals surface area (Å²) in [6.45, 7) is 5.19. The van der Waals surface area contributed by atoms with Gasteiger partial charge in [-0.2, -0.15) is 0 Å². The van der Waals surface area contributed by atoms with Gasteiger partial charge >= 0.3 is 0 Å². The molecule has 0 spiro atoms. The van der Waals surface area contributed by atoms with Crippen LogP contribution in [0.25, 0.3) is 0 Å². The van der Waals surface area contributed by atoms with E-state index < -0.39 is 0 Å². The molecule has 1 aromatic heterocycles. The van der Waals surface area contributed by atoms with Crippen LogP contribution < -0.4 is 10.1 Å². The summed E-state index contributed by atoms with van der Waals surface area (Å²) in [5.41, 5.74) is 0. The largest absolute Gasteiger partial charge is 0.492 e. The number of nitrogens with zero attached hydrogens (tertiary/aromatic N) is 4. The van der Waals surface area contributed by atoms with Gasteiger partial charge in [0.15, 0.2) is 5.96 Å². The number of benzene rings is 1. The second kappa shape index (κ2) is 8.69. The van der Waals surface area contributed by atoms with Crippen molar-refractivity contribution in [2.24, 2.45) is 10.9 Å². The predicted octanol–water partition coefficient (Wildman–Crippen LogP) is 2.56. The summed E-state index contributed by atoms with van der Waals surface area (Å²) >= 11 is 0. The second-order valence-corrected chi connectivity index (χ2v) is 6.57. The fourth-order valence-electron chi connectivity index (χ4n) is 3.32. The van der Waals surface area contributed by atoms with E-state index in [-0.39, 0.29) is 5.82 Å². The van der Waals surface area contributed by atoms with Crippen LogP contribution in [0.4, 0.5) is 4.39 Å². The van der Waals surface area contributed by atoms with Crippen molar-refractivity contribution in [2.45, 2.75) is 19.4 Å². The zero-order chi connectivity index (χ0) is 18.4. The minimum absolute atomic E-state index is 0.292. The molecule has 1 fully saturated rings. The number of imidazole rings is 1. The molecule has 1 N–H and O–H groups in total. The molecular weight excluding hydrogens is 333 g/mol. The van der Waals surface area contributed by atoms with Crippen LogP contribution in [-0.2, 0) is 0 Å². The quantitative estimate of drug-likeness (QED) is 0.506. The molecule has 1 aromatic carbocycles. The van der Waals surface area contributed by atoms with Gasteiger partial charge < -0.3 is 19.5 Å². The number of ether oxygens (including phenoxy) is 1. The van der Waals surface area contributed by atoms with Crippen molar-refractivity contribution in [3.63, 3.8) is 0 Å². The summed E-state index contributed by atoms with van der Waals surface area (Å²) in [4.78, 5) is 10.8. The van der Waals surface area contributed by atoms with E-state index in [0.717, 1.165) is 25.5 Å². The van der Waals surface area contributed by atoms with Gasteiger partial charge in [-0.05, 0) is 24.5 Å². The van der Waals surface area contributed by atoms with E-state index in [2.05, 4.69) is 31.7 Å². The average Bonchev–Trinajstić information content (AvgIpc) is 3.17. The summed E-state index contributed by atoms with van der Waals surface area (Å²) in [6.07, 6.45) is 6.83. The normalized spacial score (nSPS) is 20.9. The number of piperidine rings is 1. The summed E-state index contributed by atoms with van der Waals surface area (Å²) in [5, 5.41) is 3.34. The van der Waals surface area contributed by atoms with Crippen LogP contribution in [0.3, 0.4) is 0 Å². The Labute approximate surface area is 153 Å². The number of rotatable bonds is 5. The van der Waals surface area contributed by atoms with Crippen LogP contribution >= 0.6 is 0 Å². The van der Waals surface area contributed by atoms with Gasteiger partial charge in [-0.15, -0.1) is 0 Å². The topological polar surface area (TPSA) is 54.7 Å². The minimum atomic E-state index is -0.292. The molecule has 0 bridgehead atoms. The number of nitrogens with one attached hydrogen (secondary N) is 1. The number of hydrogen-bond acceptors (Lipinski definition) is 3. The Balaban J connectivity index is 1.50. The van der Waals surface area contributed by atoms with Gasteiger partial charge in [0, 0.05) is 38.6 Å². The standard InChI is InChI=1S/C19H26FN5O/c1-15-6-9-24(13-18(15)25-10-7-22-14-25)19(21-2)23-8-11-26-17-5-3-4-16(20)12-17/h3-5,7,10,12,14-15,18H,6,8-9,11,13H2,1-2H3,(H,21,23). The molecule has 2 heterocycles. The molecule has 6 nitrogen and oxygen atoms in total. The lowest BCUT2D eigenvalue weighted by atomic mass is 9.93. The van der Waals surface area contributed by atoms with Gasteiger partial charge in [-0.25, -0.2) is 9.37 Å². The molecule has 1 aliphatic heterocycles. The van der Waals surface area contributed by atoms with Crippen LogP contribution in [0.5, 0.6) is 5.75 Å². The van der Waals surface area contributed by atoms with Gasteiger partial charge in [-0.3, -0.25) is 4.99 Å². The number of hydrogen-bond donors (Lipinski definition) is 1. The van der Waals surface area contributed by atoms with Crippen LogP contribution in [-0.4, -0.2) is 53.7 Å². The first kappa shape index (κ1) is 18.2. The number of guanidine groups is 1. The lowest BCUT2D eigenvalue weighted by Gasteiger charge is -2.39.